The number of aryl methyl sites for hydroxylation is 1. The third-order valence-corrected chi connectivity index (χ3v) is 5.95. The number of nitriles is 1. The number of piperazine rings is 1. The Bertz CT molecular complexity index is 1250. The Hall–Kier alpha value is -3.70. The third-order valence-electron chi connectivity index (χ3n) is 5.95. The number of anilines is 2. The van der Waals surface area contributed by atoms with Crippen molar-refractivity contribution >= 4 is 28.1 Å². The van der Waals surface area contributed by atoms with Crippen LogP contribution >= 0.6 is 0 Å². The lowest BCUT2D eigenvalue weighted by Gasteiger charge is -2.36. The topological polar surface area (TPSA) is 92.2 Å². The highest BCUT2D eigenvalue weighted by atomic mass is 19.1. The number of pyridine rings is 1. The van der Waals surface area contributed by atoms with E-state index < -0.39 is 5.82 Å². The summed E-state index contributed by atoms with van der Waals surface area (Å²) in [5, 5.41) is 12.3. The van der Waals surface area contributed by atoms with Crippen molar-refractivity contribution in [2.24, 2.45) is 0 Å². The number of carbonyl (C=O) groups is 1. The lowest BCUT2D eigenvalue weighted by molar-refractivity contribution is -0.114. The second-order valence-corrected chi connectivity index (χ2v) is 8.31. The number of nitrogens with one attached hydrogen (secondary N) is 2. The first-order valence-corrected chi connectivity index (χ1v) is 11.0. The minimum atomic E-state index is -0.565. The summed E-state index contributed by atoms with van der Waals surface area (Å²) in [4.78, 5) is 31.6. The van der Waals surface area contributed by atoms with Crippen molar-refractivity contribution in [2.75, 3.05) is 42.9 Å². The van der Waals surface area contributed by atoms with Gasteiger partial charge in [0.2, 0.25) is 5.91 Å². The Morgan fingerprint density at radius 1 is 1.12 bits per heavy atom. The lowest BCUT2D eigenvalue weighted by Crippen LogP contribution is -2.46. The minimum absolute atomic E-state index is 0.224. The Labute approximate surface area is 191 Å². The molecular formula is C25H26FN5O2. The molecule has 0 bridgehead atoms. The zero-order valence-corrected chi connectivity index (χ0v) is 18.5. The maximum absolute atomic E-state index is 13.9. The summed E-state index contributed by atoms with van der Waals surface area (Å²) < 4.78 is 13.9. The average Bonchev–Trinajstić information content (AvgIpc) is 2.80. The number of benzene rings is 2. The summed E-state index contributed by atoms with van der Waals surface area (Å²) in [5.41, 5.74) is 2.52. The highest BCUT2D eigenvalue weighted by Crippen LogP contribution is 2.24. The summed E-state index contributed by atoms with van der Waals surface area (Å²) in [6, 6.07) is 14.1. The van der Waals surface area contributed by atoms with Gasteiger partial charge in [-0.25, -0.2) is 4.39 Å². The molecule has 0 aliphatic carbocycles. The van der Waals surface area contributed by atoms with Crippen LogP contribution in [0.1, 0.15) is 24.6 Å². The number of hydrogen-bond donors (Lipinski definition) is 2. The first-order valence-electron chi connectivity index (χ1n) is 11.0. The van der Waals surface area contributed by atoms with Crippen LogP contribution in [0.5, 0.6) is 0 Å². The number of fused-ring (bicyclic) bond motifs is 1. The SMILES string of the molecule is CC(=O)Nc1cc(F)cc2c(=O)[nH]c(CCCN3CCN(c4ccc(C#N)cc4)CC3)cc12. The molecule has 4 rings (SSSR count). The predicted molar refractivity (Wildman–Crippen MR) is 127 cm³/mol. The first-order chi connectivity index (χ1) is 15.9. The average molecular weight is 448 g/mol. The number of H-pyrrole nitrogens is 1. The van der Waals surface area contributed by atoms with Crippen LogP contribution in [0.4, 0.5) is 15.8 Å². The molecule has 0 spiro atoms. The molecule has 0 radical (unpaired) electrons. The van der Waals surface area contributed by atoms with Crippen molar-refractivity contribution in [1.29, 1.82) is 5.26 Å². The summed E-state index contributed by atoms with van der Waals surface area (Å²) in [6.07, 6.45) is 1.55. The molecule has 1 saturated heterocycles. The number of aromatic nitrogens is 1. The van der Waals surface area contributed by atoms with E-state index in [1.54, 1.807) is 0 Å². The van der Waals surface area contributed by atoms with E-state index in [1.807, 2.05) is 30.3 Å². The second-order valence-electron chi connectivity index (χ2n) is 8.31. The normalized spacial score (nSPS) is 14.3. The first kappa shape index (κ1) is 22.5. The van der Waals surface area contributed by atoms with Crippen molar-refractivity contribution in [3.63, 3.8) is 0 Å². The van der Waals surface area contributed by atoms with Crippen LogP contribution in [0.25, 0.3) is 10.8 Å². The van der Waals surface area contributed by atoms with Gasteiger partial charge in [0.25, 0.3) is 5.56 Å². The number of halogens is 1. The molecule has 1 amide bonds. The fraction of sp³-hybridized carbons (Fsp3) is 0.320. The van der Waals surface area contributed by atoms with Gasteiger partial charge in [-0.2, -0.15) is 5.26 Å². The van der Waals surface area contributed by atoms with Crippen LogP contribution in [0.3, 0.4) is 0 Å². The van der Waals surface area contributed by atoms with Crippen LogP contribution in [0.2, 0.25) is 0 Å². The maximum atomic E-state index is 13.9. The van der Waals surface area contributed by atoms with Gasteiger partial charge in [-0.3, -0.25) is 14.5 Å². The Morgan fingerprint density at radius 2 is 1.85 bits per heavy atom. The molecule has 7 nitrogen and oxygen atoms in total. The smallest absolute Gasteiger partial charge is 0.256 e. The van der Waals surface area contributed by atoms with Crippen LogP contribution in [0.15, 0.2) is 47.3 Å². The Morgan fingerprint density at radius 3 is 2.52 bits per heavy atom. The zero-order valence-electron chi connectivity index (χ0n) is 18.5. The summed E-state index contributed by atoms with van der Waals surface area (Å²) in [6.45, 7) is 5.99. The molecule has 1 fully saturated rings. The van der Waals surface area contributed by atoms with E-state index in [2.05, 4.69) is 26.2 Å². The monoisotopic (exact) mass is 447 g/mol. The van der Waals surface area contributed by atoms with Gasteiger partial charge < -0.3 is 15.2 Å². The van der Waals surface area contributed by atoms with Crippen LogP contribution in [-0.4, -0.2) is 48.5 Å². The molecule has 0 unspecified atom stereocenters. The van der Waals surface area contributed by atoms with E-state index in [0.717, 1.165) is 50.5 Å². The number of carbonyl (C=O) groups excluding carboxylic acids is 1. The number of nitrogens with zero attached hydrogens (tertiary/aromatic N) is 3. The minimum Gasteiger partial charge on any atom is -0.369 e. The summed E-state index contributed by atoms with van der Waals surface area (Å²) in [7, 11) is 0. The van der Waals surface area contributed by atoms with Crippen molar-refractivity contribution in [1.82, 2.24) is 9.88 Å². The third kappa shape index (κ3) is 5.38. The highest BCUT2D eigenvalue weighted by molar-refractivity contribution is 6.01. The van der Waals surface area contributed by atoms with Gasteiger partial charge in [0, 0.05) is 49.9 Å². The van der Waals surface area contributed by atoms with E-state index >= 15 is 0 Å². The molecule has 2 heterocycles. The molecule has 1 aromatic heterocycles. The quantitative estimate of drug-likeness (QED) is 0.605. The molecular weight excluding hydrogens is 421 g/mol. The van der Waals surface area contributed by atoms with Gasteiger partial charge in [0.15, 0.2) is 0 Å². The standard InChI is InChI=1S/C25H26FN5O2/c1-17(32)28-24-14-19(26)13-23-22(24)15-20(29-25(23)33)3-2-8-30-9-11-31(12-10-30)21-6-4-18(16-27)5-7-21/h4-7,13-15H,2-3,8-12H2,1H3,(H,28,32)(H,29,33). The fourth-order valence-electron chi connectivity index (χ4n) is 4.28. The summed E-state index contributed by atoms with van der Waals surface area (Å²) in [5.74, 6) is -0.881. The number of amides is 1. The van der Waals surface area contributed by atoms with E-state index in [4.69, 9.17) is 5.26 Å². The fourth-order valence-corrected chi connectivity index (χ4v) is 4.28. The molecule has 170 valence electrons. The number of hydrogen-bond acceptors (Lipinski definition) is 5. The molecule has 8 heteroatoms. The van der Waals surface area contributed by atoms with Crippen molar-refractivity contribution in [2.45, 2.75) is 19.8 Å². The largest absolute Gasteiger partial charge is 0.369 e. The molecule has 2 aromatic carbocycles. The van der Waals surface area contributed by atoms with Gasteiger partial charge in [0.05, 0.1) is 22.7 Å². The van der Waals surface area contributed by atoms with Gasteiger partial charge in [-0.15, -0.1) is 0 Å². The van der Waals surface area contributed by atoms with E-state index in [1.165, 1.54) is 19.1 Å². The molecule has 0 atom stereocenters. The maximum Gasteiger partial charge on any atom is 0.256 e. The Kier molecular flexibility index (Phi) is 6.71. The zero-order chi connectivity index (χ0) is 23.4. The van der Waals surface area contributed by atoms with Gasteiger partial charge in [0.1, 0.15) is 5.82 Å². The second kappa shape index (κ2) is 9.84. The molecule has 1 aliphatic heterocycles. The predicted octanol–water partition coefficient (Wildman–Crippen LogP) is 3.25. The van der Waals surface area contributed by atoms with Crippen LogP contribution in [0, 0.1) is 17.1 Å². The van der Waals surface area contributed by atoms with Crippen LogP contribution < -0.4 is 15.8 Å². The lowest BCUT2D eigenvalue weighted by atomic mass is 10.1. The van der Waals surface area contributed by atoms with Gasteiger partial charge in [-0.1, -0.05) is 0 Å². The number of rotatable bonds is 6. The van der Waals surface area contributed by atoms with E-state index in [9.17, 15) is 14.0 Å². The van der Waals surface area contributed by atoms with Crippen molar-refractivity contribution in [3.8, 4) is 6.07 Å². The van der Waals surface area contributed by atoms with Gasteiger partial charge in [-0.05, 0) is 61.9 Å². The molecule has 1 aliphatic rings. The van der Waals surface area contributed by atoms with Gasteiger partial charge >= 0.3 is 0 Å². The Balaban J connectivity index is 1.35. The van der Waals surface area contributed by atoms with Crippen molar-refractivity contribution in [3.05, 3.63) is 69.9 Å². The van der Waals surface area contributed by atoms with E-state index in [-0.39, 0.29) is 16.9 Å². The van der Waals surface area contributed by atoms with Crippen LogP contribution in [-0.2, 0) is 11.2 Å². The molecule has 0 saturated carbocycles. The molecule has 3 aromatic rings. The molecule has 2 N–H and O–H groups in total. The van der Waals surface area contributed by atoms with Crippen molar-refractivity contribution < 1.29 is 9.18 Å². The summed E-state index contributed by atoms with van der Waals surface area (Å²) >= 11 is 0. The highest BCUT2D eigenvalue weighted by Gasteiger charge is 2.17. The number of aromatic amines is 1. The molecule has 33 heavy (non-hydrogen) atoms. The van der Waals surface area contributed by atoms with E-state index in [0.29, 0.717) is 23.1 Å².